The van der Waals surface area contributed by atoms with E-state index >= 15 is 0 Å². The highest BCUT2D eigenvalue weighted by Gasteiger charge is 2.22. The van der Waals surface area contributed by atoms with Gasteiger partial charge in [0, 0.05) is 18.2 Å². The van der Waals surface area contributed by atoms with E-state index in [0.717, 1.165) is 11.4 Å². The lowest BCUT2D eigenvalue weighted by molar-refractivity contribution is -0.112. The summed E-state index contributed by atoms with van der Waals surface area (Å²) in [7, 11) is 0. The Kier molecular flexibility index (Phi) is 1.43. The Bertz CT molecular complexity index is 326. The van der Waals surface area contributed by atoms with Crippen molar-refractivity contribution in [3.05, 3.63) is 11.4 Å². The zero-order valence-corrected chi connectivity index (χ0v) is 6.37. The van der Waals surface area contributed by atoms with Gasteiger partial charge in [0.05, 0.1) is 0 Å². The molecule has 0 aromatic carbocycles. The van der Waals surface area contributed by atoms with Crippen molar-refractivity contribution in [3.8, 4) is 0 Å². The fourth-order valence-corrected chi connectivity index (χ4v) is 1.28. The van der Waals surface area contributed by atoms with Gasteiger partial charge in [-0.15, -0.1) is 0 Å². The average Bonchev–Trinajstić information content (AvgIpc) is 2.49. The first kappa shape index (κ1) is 7.02. The maximum atomic E-state index is 10.9. The van der Waals surface area contributed by atoms with E-state index < -0.39 is 5.91 Å². The zero-order valence-electron chi connectivity index (χ0n) is 6.37. The Labute approximate surface area is 69.1 Å². The molecule has 0 radical (unpaired) electrons. The van der Waals surface area contributed by atoms with E-state index in [9.17, 15) is 4.79 Å². The third kappa shape index (κ3) is 0.903. The molecular formula is C7H8N4O. The molecule has 0 saturated heterocycles. The quantitative estimate of drug-likeness (QED) is 0.530. The van der Waals surface area contributed by atoms with Crippen LogP contribution in [0.1, 0.15) is 6.42 Å². The van der Waals surface area contributed by atoms with Crippen molar-refractivity contribution in [2.45, 2.75) is 6.42 Å². The van der Waals surface area contributed by atoms with Gasteiger partial charge in [-0.25, -0.2) is 4.99 Å². The predicted molar refractivity (Wildman–Crippen MR) is 44.8 cm³/mol. The maximum absolute atomic E-state index is 10.9. The monoisotopic (exact) mass is 164 g/mol. The molecule has 2 aliphatic heterocycles. The van der Waals surface area contributed by atoms with E-state index in [4.69, 9.17) is 5.73 Å². The molecule has 12 heavy (non-hydrogen) atoms. The summed E-state index contributed by atoms with van der Waals surface area (Å²) in [4.78, 5) is 18.9. The molecule has 5 nitrogen and oxygen atoms in total. The number of hydrogen-bond donors (Lipinski definition) is 2. The lowest BCUT2D eigenvalue weighted by Gasteiger charge is -2.12. The standard InChI is InChI=1S/C7H8N4O/c8-6(12)5-4-1-2-9-7(4)11-3-10-5/h2,11H,1,3H2,(H2,8,12). The second-order valence-corrected chi connectivity index (χ2v) is 2.55. The molecule has 0 aliphatic carbocycles. The van der Waals surface area contributed by atoms with E-state index in [1.807, 2.05) is 0 Å². The van der Waals surface area contributed by atoms with Gasteiger partial charge in [0.1, 0.15) is 18.2 Å². The molecule has 0 atom stereocenters. The molecule has 2 heterocycles. The number of amides is 1. The Morgan fingerprint density at radius 1 is 1.67 bits per heavy atom. The van der Waals surface area contributed by atoms with Crippen LogP contribution in [0.25, 0.3) is 0 Å². The van der Waals surface area contributed by atoms with Crippen LogP contribution >= 0.6 is 0 Å². The van der Waals surface area contributed by atoms with Gasteiger partial charge in [0.15, 0.2) is 0 Å². The van der Waals surface area contributed by atoms with Crippen LogP contribution in [-0.4, -0.2) is 24.5 Å². The zero-order chi connectivity index (χ0) is 8.55. The topological polar surface area (TPSA) is 79.8 Å². The highest BCUT2D eigenvalue weighted by atomic mass is 16.1. The van der Waals surface area contributed by atoms with Crippen molar-refractivity contribution < 1.29 is 4.79 Å². The van der Waals surface area contributed by atoms with E-state index in [0.29, 0.717) is 18.8 Å². The Morgan fingerprint density at radius 3 is 3.25 bits per heavy atom. The van der Waals surface area contributed by atoms with Crippen LogP contribution in [0.15, 0.2) is 21.4 Å². The maximum Gasteiger partial charge on any atom is 0.267 e. The summed E-state index contributed by atoms with van der Waals surface area (Å²) in [6, 6.07) is 0. The minimum absolute atomic E-state index is 0.362. The van der Waals surface area contributed by atoms with E-state index in [1.165, 1.54) is 0 Å². The normalized spacial score (nSPS) is 20.2. The van der Waals surface area contributed by atoms with Gasteiger partial charge in [0.2, 0.25) is 0 Å². The number of carbonyl (C=O) groups is 1. The Hall–Kier alpha value is -1.65. The summed E-state index contributed by atoms with van der Waals surface area (Å²) >= 11 is 0. The fourth-order valence-electron chi connectivity index (χ4n) is 1.28. The second-order valence-electron chi connectivity index (χ2n) is 2.55. The number of aliphatic imine (C=N–C) groups is 2. The third-order valence-corrected chi connectivity index (χ3v) is 1.80. The van der Waals surface area contributed by atoms with Gasteiger partial charge in [-0.3, -0.25) is 9.79 Å². The minimum atomic E-state index is -0.477. The van der Waals surface area contributed by atoms with Crippen LogP contribution in [0.2, 0.25) is 0 Å². The number of rotatable bonds is 1. The van der Waals surface area contributed by atoms with Gasteiger partial charge >= 0.3 is 0 Å². The van der Waals surface area contributed by atoms with Crippen LogP contribution in [-0.2, 0) is 4.79 Å². The molecule has 0 bridgehead atoms. The molecule has 0 aromatic heterocycles. The van der Waals surface area contributed by atoms with Gasteiger partial charge in [-0.1, -0.05) is 0 Å². The van der Waals surface area contributed by atoms with Crippen LogP contribution in [0.3, 0.4) is 0 Å². The molecule has 0 aromatic rings. The second kappa shape index (κ2) is 2.44. The van der Waals surface area contributed by atoms with Gasteiger partial charge < -0.3 is 11.1 Å². The first-order chi connectivity index (χ1) is 5.79. The van der Waals surface area contributed by atoms with Crippen molar-refractivity contribution in [2.24, 2.45) is 15.7 Å². The van der Waals surface area contributed by atoms with Gasteiger partial charge in [0.25, 0.3) is 5.91 Å². The van der Waals surface area contributed by atoms with Gasteiger partial charge in [-0.05, 0) is 0 Å². The van der Waals surface area contributed by atoms with Crippen molar-refractivity contribution in [1.82, 2.24) is 5.32 Å². The molecule has 3 N–H and O–H groups in total. The number of hydrogen-bond acceptors (Lipinski definition) is 4. The van der Waals surface area contributed by atoms with E-state index in [-0.39, 0.29) is 0 Å². The number of primary amides is 1. The number of nitrogens with zero attached hydrogens (tertiary/aromatic N) is 2. The smallest absolute Gasteiger partial charge is 0.267 e. The van der Waals surface area contributed by atoms with Crippen LogP contribution < -0.4 is 11.1 Å². The molecule has 0 fully saturated rings. The largest absolute Gasteiger partial charge is 0.364 e. The van der Waals surface area contributed by atoms with Crippen molar-refractivity contribution >= 4 is 17.8 Å². The van der Waals surface area contributed by atoms with E-state index in [2.05, 4.69) is 15.3 Å². The summed E-state index contributed by atoms with van der Waals surface area (Å²) in [6.45, 7) is 0.383. The van der Waals surface area contributed by atoms with Crippen LogP contribution in [0.4, 0.5) is 0 Å². The summed E-state index contributed by atoms with van der Waals surface area (Å²) in [5, 5.41) is 2.95. The van der Waals surface area contributed by atoms with Crippen LogP contribution in [0, 0.1) is 0 Å². The molecule has 1 amide bonds. The van der Waals surface area contributed by atoms with Gasteiger partial charge in [-0.2, -0.15) is 0 Å². The fraction of sp³-hybridized carbons (Fsp3) is 0.286. The molecule has 5 heteroatoms. The first-order valence-electron chi connectivity index (χ1n) is 3.63. The molecule has 2 aliphatic rings. The van der Waals surface area contributed by atoms with Crippen molar-refractivity contribution in [2.75, 3.05) is 6.67 Å². The number of carbonyl (C=O) groups excluding carboxylic acids is 1. The summed E-state index contributed by atoms with van der Waals surface area (Å²) in [5.41, 5.74) is 6.31. The molecule has 62 valence electrons. The lowest BCUT2D eigenvalue weighted by Crippen LogP contribution is -2.31. The third-order valence-electron chi connectivity index (χ3n) is 1.80. The SMILES string of the molecule is NC(=O)C1=NCNC2=C1CC=N2. The molecular weight excluding hydrogens is 156 g/mol. The lowest BCUT2D eigenvalue weighted by atomic mass is 10.1. The highest BCUT2D eigenvalue weighted by Crippen LogP contribution is 2.17. The summed E-state index contributed by atoms with van der Waals surface area (Å²) in [5.74, 6) is 0.258. The molecule has 0 spiro atoms. The van der Waals surface area contributed by atoms with Crippen LogP contribution in [0.5, 0.6) is 0 Å². The Morgan fingerprint density at radius 2 is 2.50 bits per heavy atom. The summed E-state index contributed by atoms with van der Waals surface area (Å²) < 4.78 is 0. The van der Waals surface area contributed by atoms with E-state index in [1.54, 1.807) is 6.21 Å². The van der Waals surface area contributed by atoms with Crippen molar-refractivity contribution in [3.63, 3.8) is 0 Å². The number of nitrogens with two attached hydrogens (primary N) is 1. The predicted octanol–water partition coefficient (Wildman–Crippen LogP) is -0.840. The molecule has 0 saturated carbocycles. The first-order valence-corrected chi connectivity index (χ1v) is 3.63. The number of nitrogens with one attached hydrogen (secondary N) is 1. The molecule has 0 unspecified atom stereocenters. The summed E-state index contributed by atoms with van der Waals surface area (Å²) in [6.07, 6.45) is 2.38. The molecule has 2 rings (SSSR count). The average molecular weight is 164 g/mol. The van der Waals surface area contributed by atoms with Crippen molar-refractivity contribution in [1.29, 1.82) is 0 Å². The minimum Gasteiger partial charge on any atom is -0.364 e. The highest BCUT2D eigenvalue weighted by molar-refractivity contribution is 6.45. The Balaban J connectivity index is 2.37.